The number of hydrogen-bond donors (Lipinski definition) is 0. The molecule has 1 aromatic carbocycles. The van der Waals surface area contributed by atoms with Crippen LogP contribution in [0.5, 0.6) is 0 Å². The summed E-state index contributed by atoms with van der Waals surface area (Å²) in [6, 6.07) is 5.86. The van der Waals surface area contributed by atoms with E-state index in [1.807, 2.05) is 29.1 Å². The fraction of sp³-hybridized carbons (Fsp3) is 0.417. The molecule has 1 fully saturated rings. The van der Waals surface area contributed by atoms with Crippen molar-refractivity contribution in [2.75, 3.05) is 6.61 Å². The Morgan fingerprint density at radius 2 is 2.31 bits per heavy atom. The van der Waals surface area contributed by atoms with Crippen LogP contribution in [0.15, 0.2) is 24.4 Å². The molecule has 0 spiro atoms. The van der Waals surface area contributed by atoms with Crippen molar-refractivity contribution in [3.8, 4) is 0 Å². The van der Waals surface area contributed by atoms with Crippen molar-refractivity contribution in [2.45, 2.75) is 25.5 Å². The van der Waals surface area contributed by atoms with Crippen molar-refractivity contribution in [3.63, 3.8) is 0 Å². The molecule has 1 saturated heterocycles. The standard InChI is InChI=1S/C12H13ClN2O/c13-10-5-3-4-9-8-14-15(12(9)10)11-6-1-2-7-16-11/h3-5,8,11H,1-2,6-7H2. The number of para-hydroxylation sites is 1. The molecule has 1 atom stereocenters. The zero-order valence-electron chi connectivity index (χ0n) is 8.90. The average Bonchev–Trinajstić information content (AvgIpc) is 2.75. The number of hydrogen-bond acceptors (Lipinski definition) is 2. The third-order valence-electron chi connectivity index (χ3n) is 3.00. The van der Waals surface area contributed by atoms with Crippen LogP contribution in [0.3, 0.4) is 0 Å². The summed E-state index contributed by atoms with van der Waals surface area (Å²) >= 11 is 6.21. The highest BCUT2D eigenvalue weighted by molar-refractivity contribution is 6.35. The van der Waals surface area contributed by atoms with Crippen LogP contribution in [0.1, 0.15) is 25.5 Å². The molecule has 2 aromatic rings. The fourth-order valence-electron chi connectivity index (χ4n) is 2.19. The van der Waals surface area contributed by atoms with E-state index < -0.39 is 0 Å². The summed E-state index contributed by atoms with van der Waals surface area (Å²) in [6.07, 6.45) is 5.24. The molecule has 0 bridgehead atoms. The molecule has 0 saturated carbocycles. The molecule has 3 nitrogen and oxygen atoms in total. The molecule has 0 aliphatic carbocycles. The lowest BCUT2D eigenvalue weighted by Crippen LogP contribution is -2.19. The monoisotopic (exact) mass is 236 g/mol. The summed E-state index contributed by atoms with van der Waals surface area (Å²) in [5.41, 5.74) is 0.982. The second-order valence-corrected chi connectivity index (χ2v) is 4.50. The van der Waals surface area contributed by atoms with Crippen molar-refractivity contribution in [2.24, 2.45) is 0 Å². The van der Waals surface area contributed by atoms with E-state index >= 15 is 0 Å². The summed E-state index contributed by atoms with van der Waals surface area (Å²) in [7, 11) is 0. The molecule has 0 N–H and O–H groups in total. The Morgan fingerprint density at radius 1 is 1.38 bits per heavy atom. The molecule has 4 heteroatoms. The van der Waals surface area contributed by atoms with Gasteiger partial charge in [0.05, 0.1) is 16.7 Å². The van der Waals surface area contributed by atoms with Gasteiger partial charge < -0.3 is 4.74 Å². The van der Waals surface area contributed by atoms with E-state index in [9.17, 15) is 0 Å². The Labute approximate surface area is 99.0 Å². The van der Waals surface area contributed by atoms with Gasteiger partial charge in [0.15, 0.2) is 6.23 Å². The van der Waals surface area contributed by atoms with Crippen LogP contribution in [0, 0.1) is 0 Å². The van der Waals surface area contributed by atoms with Crippen LogP contribution >= 0.6 is 11.6 Å². The van der Waals surface area contributed by atoms with Crippen LogP contribution in [0.25, 0.3) is 10.9 Å². The Kier molecular flexibility index (Phi) is 2.58. The van der Waals surface area contributed by atoms with E-state index in [1.165, 1.54) is 6.42 Å². The Bertz CT molecular complexity index is 503. The number of aromatic nitrogens is 2. The van der Waals surface area contributed by atoms with Crippen molar-refractivity contribution in [1.29, 1.82) is 0 Å². The van der Waals surface area contributed by atoms with Gasteiger partial charge in [0.2, 0.25) is 0 Å². The minimum atomic E-state index is 0.0474. The maximum atomic E-state index is 6.21. The van der Waals surface area contributed by atoms with Gasteiger partial charge in [-0.15, -0.1) is 0 Å². The first-order chi connectivity index (χ1) is 7.86. The van der Waals surface area contributed by atoms with Crippen LogP contribution < -0.4 is 0 Å². The van der Waals surface area contributed by atoms with Crippen molar-refractivity contribution in [1.82, 2.24) is 9.78 Å². The number of rotatable bonds is 1. The molecule has 3 rings (SSSR count). The van der Waals surface area contributed by atoms with E-state index in [2.05, 4.69) is 5.10 Å². The highest BCUT2D eigenvalue weighted by Crippen LogP contribution is 2.29. The summed E-state index contributed by atoms with van der Waals surface area (Å²) in [5.74, 6) is 0. The molecule has 84 valence electrons. The van der Waals surface area contributed by atoms with Gasteiger partial charge in [0.25, 0.3) is 0 Å². The van der Waals surface area contributed by atoms with Gasteiger partial charge in [-0.25, -0.2) is 4.68 Å². The molecule has 2 heterocycles. The van der Waals surface area contributed by atoms with E-state index in [0.29, 0.717) is 0 Å². The third-order valence-corrected chi connectivity index (χ3v) is 3.30. The third kappa shape index (κ3) is 1.60. The molecular weight excluding hydrogens is 224 g/mol. The van der Waals surface area contributed by atoms with Crippen LogP contribution in [-0.2, 0) is 4.74 Å². The Hall–Kier alpha value is -1.06. The van der Waals surface area contributed by atoms with Gasteiger partial charge in [-0.1, -0.05) is 23.7 Å². The summed E-state index contributed by atoms with van der Waals surface area (Å²) in [5, 5.41) is 6.20. The zero-order chi connectivity index (χ0) is 11.0. The fourth-order valence-corrected chi connectivity index (χ4v) is 2.46. The predicted octanol–water partition coefficient (Wildman–Crippen LogP) is 3.39. The van der Waals surface area contributed by atoms with Crippen molar-refractivity contribution >= 4 is 22.5 Å². The highest BCUT2D eigenvalue weighted by atomic mass is 35.5. The largest absolute Gasteiger partial charge is 0.356 e. The zero-order valence-corrected chi connectivity index (χ0v) is 9.65. The molecule has 16 heavy (non-hydrogen) atoms. The van der Waals surface area contributed by atoms with E-state index in [0.717, 1.165) is 35.4 Å². The second-order valence-electron chi connectivity index (χ2n) is 4.09. The van der Waals surface area contributed by atoms with Crippen molar-refractivity contribution in [3.05, 3.63) is 29.4 Å². The molecular formula is C12H13ClN2O. The van der Waals surface area contributed by atoms with E-state index in [-0.39, 0.29) is 6.23 Å². The minimum absolute atomic E-state index is 0.0474. The minimum Gasteiger partial charge on any atom is -0.356 e. The number of halogens is 1. The van der Waals surface area contributed by atoms with Gasteiger partial charge in [0, 0.05) is 12.0 Å². The normalized spacial score (nSPS) is 21.4. The highest BCUT2D eigenvalue weighted by Gasteiger charge is 2.19. The maximum Gasteiger partial charge on any atom is 0.150 e. The molecule has 1 aliphatic heterocycles. The molecule has 1 aromatic heterocycles. The predicted molar refractivity (Wildman–Crippen MR) is 63.6 cm³/mol. The van der Waals surface area contributed by atoms with E-state index in [4.69, 9.17) is 16.3 Å². The van der Waals surface area contributed by atoms with E-state index in [1.54, 1.807) is 0 Å². The van der Waals surface area contributed by atoms with Gasteiger partial charge in [-0.3, -0.25) is 0 Å². The quantitative estimate of drug-likeness (QED) is 0.759. The summed E-state index contributed by atoms with van der Waals surface area (Å²) in [4.78, 5) is 0. The van der Waals surface area contributed by atoms with Gasteiger partial charge in [0.1, 0.15) is 0 Å². The number of nitrogens with zero attached hydrogens (tertiary/aromatic N) is 2. The van der Waals surface area contributed by atoms with Gasteiger partial charge in [-0.05, 0) is 25.3 Å². The number of benzene rings is 1. The van der Waals surface area contributed by atoms with Crippen LogP contribution in [0.4, 0.5) is 0 Å². The summed E-state index contributed by atoms with van der Waals surface area (Å²) < 4.78 is 7.64. The Balaban J connectivity index is 2.09. The van der Waals surface area contributed by atoms with Crippen LogP contribution in [-0.4, -0.2) is 16.4 Å². The molecule has 0 radical (unpaired) electrons. The first-order valence-electron chi connectivity index (χ1n) is 5.59. The lowest BCUT2D eigenvalue weighted by Gasteiger charge is -2.23. The number of ether oxygens (including phenoxy) is 1. The first-order valence-corrected chi connectivity index (χ1v) is 5.97. The second kappa shape index (κ2) is 4.07. The molecule has 0 amide bonds. The maximum absolute atomic E-state index is 6.21. The first kappa shape index (κ1) is 10.1. The van der Waals surface area contributed by atoms with Crippen molar-refractivity contribution < 1.29 is 4.74 Å². The average molecular weight is 237 g/mol. The topological polar surface area (TPSA) is 27.1 Å². The lowest BCUT2D eigenvalue weighted by molar-refractivity contribution is -0.0366. The smallest absolute Gasteiger partial charge is 0.150 e. The molecule has 1 aliphatic rings. The summed E-state index contributed by atoms with van der Waals surface area (Å²) in [6.45, 7) is 0.816. The Morgan fingerprint density at radius 3 is 3.12 bits per heavy atom. The SMILES string of the molecule is Clc1cccc2cnn(C3CCCCO3)c12. The lowest BCUT2D eigenvalue weighted by atomic mass is 10.2. The van der Waals surface area contributed by atoms with Gasteiger partial charge >= 0.3 is 0 Å². The van der Waals surface area contributed by atoms with Gasteiger partial charge in [-0.2, -0.15) is 5.10 Å². The molecule has 1 unspecified atom stereocenters. The van der Waals surface area contributed by atoms with Crippen LogP contribution in [0.2, 0.25) is 5.02 Å². The number of fused-ring (bicyclic) bond motifs is 1.